The minimum Gasteiger partial charge on any atom is -0.497 e. The predicted octanol–water partition coefficient (Wildman–Crippen LogP) is 5.63. The summed E-state index contributed by atoms with van der Waals surface area (Å²) < 4.78 is 13.4. The van der Waals surface area contributed by atoms with Gasteiger partial charge in [-0.2, -0.15) is 0 Å². The van der Waals surface area contributed by atoms with Crippen molar-refractivity contribution < 1.29 is 13.7 Å². The second-order valence-corrected chi connectivity index (χ2v) is 8.67. The highest BCUT2D eigenvalue weighted by Gasteiger charge is 2.10. The summed E-state index contributed by atoms with van der Waals surface area (Å²) in [4.78, 5) is 4.43. The van der Waals surface area contributed by atoms with Crippen molar-refractivity contribution >= 4 is 23.0 Å². The number of benzene rings is 2. The van der Waals surface area contributed by atoms with Gasteiger partial charge < -0.3 is 19.8 Å². The average Bonchev–Trinajstić information content (AvgIpc) is 3.39. The molecule has 0 bridgehead atoms. The van der Waals surface area contributed by atoms with Gasteiger partial charge in [0.2, 0.25) is 5.89 Å². The van der Waals surface area contributed by atoms with Gasteiger partial charge in [-0.3, -0.25) is 0 Å². The number of methoxy groups -OCH3 is 1. The smallest absolute Gasteiger partial charge is 0.226 e. The molecule has 0 radical (unpaired) electrons. The van der Waals surface area contributed by atoms with Gasteiger partial charge in [0.1, 0.15) is 12.3 Å². The number of aromatic nitrogens is 2. The molecule has 0 atom stereocenters. The van der Waals surface area contributed by atoms with Crippen LogP contribution >= 0.6 is 12.2 Å². The van der Waals surface area contributed by atoms with Crippen LogP contribution in [0.4, 0.5) is 5.69 Å². The van der Waals surface area contributed by atoms with Crippen molar-refractivity contribution in [2.45, 2.75) is 32.7 Å². The molecule has 0 aliphatic heterocycles. The molecule has 0 spiro atoms. The largest absolute Gasteiger partial charge is 0.497 e. The molecule has 2 heterocycles. The molecule has 2 aromatic heterocycles. The Kier molecular flexibility index (Phi) is 8.46. The van der Waals surface area contributed by atoms with Crippen LogP contribution in [0.2, 0.25) is 0 Å². The highest BCUT2D eigenvalue weighted by atomic mass is 32.1. The summed E-state index contributed by atoms with van der Waals surface area (Å²) >= 11 is 5.29. The standard InChI is InChI=1S/C28H30N4O2S/c1-3-16-29-28(35)31-24-10-6-21(7-11-24)5-4-17-32-18-14-22(15-19-32)26-20-30-27(34-26)23-8-12-25(33-2)13-9-23/h6-15,18-20H,3-5,16-17H2,1-2H3,(H-,29,31,35)/p+1. The Balaban J connectivity index is 1.27. The summed E-state index contributed by atoms with van der Waals surface area (Å²) in [5, 5.41) is 7.07. The summed E-state index contributed by atoms with van der Waals surface area (Å²) in [7, 11) is 1.65. The molecular formula is C28H31N4O2S+. The first kappa shape index (κ1) is 24.4. The maximum atomic E-state index is 5.98. The van der Waals surface area contributed by atoms with Crippen LogP contribution in [0.15, 0.2) is 83.7 Å². The topological polar surface area (TPSA) is 63.2 Å². The highest BCUT2D eigenvalue weighted by Crippen LogP contribution is 2.26. The first-order valence-electron chi connectivity index (χ1n) is 11.9. The molecule has 0 amide bonds. The fourth-order valence-corrected chi connectivity index (χ4v) is 3.90. The van der Waals surface area contributed by atoms with Gasteiger partial charge in [0.25, 0.3) is 0 Å². The SMILES string of the molecule is CCCNC(=S)Nc1ccc(CCC[n+]2ccc(-c3cnc(-c4ccc(OC)cc4)o3)cc2)cc1. The maximum absolute atomic E-state index is 5.98. The van der Waals surface area contributed by atoms with Gasteiger partial charge in [-0.25, -0.2) is 9.55 Å². The van der Waals surface area contributed by atoms with Crippen LogP contribution < -0.4 is 19.9 Å². The molecular weight excluding hydrogens is 456 g/mol. The van der Waals surface area contributed by atoms with Crippen molar-refractivity contribution in [1.29, 1.82) is 0 Å². The third-order valence-electron chi connectivity index (χ3n) is 5.65. The van der Waals surface area contributed by atoms with Crippen molar-refractivity contribution in [2.75, 3.05) is 19.0 Å². The van der Waals surface area contributed by atoms with Gasteiger partial charge in [-0.1, -0.05) is 19.1 Å². The quantitative estimate of drug-likeness (QED) is 0.223. The number of pyridine rings is 1. The third kappa shape index (κ3) is 6.90. The zero-order valence-electron chi connectivity index (χ0n) is 20.2. The van der Waals surface area contributed by atoms with E-state index in [0.717, 1.165) is 60.7 Å². The Morgan fingerprint density at radius 1 is 1.00 bits per heavy atom. The Bertz CT molecular complexity index is 1220. The summed E-state index contributed by atoms with van der Waals surface area (Å²) in [6, 6.07) is 20.3. The van der Waals surface area contributed by atoms with E-state index in [1.54, 1.807) is 13.3 Å². The van der Waals surface area contributed by atoms with E-state index in [1.807, 2.05) is 24.3 Å². The van der Waals surface area contributed by atoms with Crippen LogP contribution in [-0.4, -0.2) is 23.8 Å². The van der Waals surface area contributed by atoms with Crippen molar-refractivity contribution in [3.8, 4) is 28.5 Å². The molecule has 180 valence electrons. The molecule has 35 heavy (non-hydrogen) atoms. The molecule has 0 saturated heterocycles. The van der Waals surface area contributed by atoms with Crippen molar-refractivity contribution in [3.05, 3.63) is 84.8 Å². The molecule has 0 unspecified atom stereocenters. The molecule has 0 aliphatic rings. The number of hydrogen-bond donors (Lipinski definition) is 2. The molecule has 7 heteroatoms. The average molecular weight is 488 g/mol. The fourth-order valence-electron chi connectivity index (χ4n) is 3.68. The second kappa shape index (κ2) is 12.1. The van der Waals surface area contributed by atoms with E-state index < -0.39 is 0 Å². The van der Waals surface area contributed by atoms with E-state index in [1.165, 1.54) is 5.56 Å². The minimum absolute atomic E-state index is 0.597. The number of aryl methyl sites for hydroxylation is 2. The number of thiocarbonyl (C=S) groups is 1. The van der Waals surface area contributed by atoms with Crippen LogP contribution in [0.1, 0.15) is 25.3 Å². The Hall–Kier alpha value is -3.71. The number of anilines is 1. The van der Waals surface area contributed by atoms with E-state index in [2.05, 4.69) is 75.9 Å². The summed E-state index contributed by atoms with van der Waals surface area (Å²) in [6.45, 7) is 3.94. The minimum atomic E-state index is 0.597. The van der Waals surface area contributed by atoms with Gasteiger partial charge >= 0.3 is 0 Å². The number of oxazole rings is 1. The first-order valence-corrected chi connectivity index (χ1v) is 12.3. The summed E-state index contributed by atoms with van der Waals surface area (Å²) in [5.41, 5.74) is 4.24. The number of hydrogen-bond acceptors (Lipinski definition) is 4. The second-order valence-electron chi connectivity index (χ2n) is 8.26. The van der Waals surface area contributed by atoms with E-state index in [9.17, 15) is 0 Å². The van der Waals surface area contributed by atoms with Gasteiger partial charge in [0.15, 0.2) is 23.3 Å². The molecule has 0 fully saturated rings. The Labute approximate surface area is 212 Å². The normalized spacial score (nSPS) is 10.7. The molecule has 0 aliphatic carbocycles. The van der Waals surface area contributed by atoms with E-state index in [-0.39, 0.29) is 0 Å². The Morgan fingerprint density at radius 2 is 1.74 bits per heavy atom. The lowest BCUT2D eigenvalue weighted by atomic mass is 10.1. The summed E-state index contributed by atoms with van der Waals surface area (Å²) in [6.07, 6.45) is 9.06. The zero-order chi connectivity index (χ0) is 24.5. The summed E-state index contributed by atoms with van der Waals surface area (Å²) in [5.74, 6) is 2.16. The van der Waals surface area contributed by atoms with Crippen LogP contribution in [0.5, 0.6) is 5.75 Å². The number of nitrogens with zero attached hydrogens (tertiary/aromatic N) is 2. The number of rotatable bonds is 10. The van der Waals surface area contributed by atoms with Gasteiger partial charge in [0, 0.05) is 41.9 Å². The van der Waals surface area contributed by atoms with E-state index >= 15 is 0 Å². The number of ether oxygens (including phenoxy) is 1. The maximum Gasteiger partial charge on any atom is 0.226 e. The molecule has 2 aromatic carbocycles. The lowest BCUT2D eigenvalue weighted by molar-refractivity contribution is -0.697. The third-order valence-corrected chi connectivity index (χ3v) is 5.89. The lowest BCUT2D eigenvalue weighted by Crippen LogP contribution is -2.32. The molecule has 4 aromatic rings. The van der Waals surface area contributed by atoms with Crippen molar-refractivity contribution in [3.63, 3.8) is 0 Å². The molecule has 6 nitrogen and oxygen atoms in total. The fraction of sp³-hybridized carbons (Fsp3) is 0.250. The van der Waals surface area contributed by atoms with Crippen molar-refractivity contribution in [2.24, 2.45) is 0 Å². The van der Waals surface area contributed by atoms with Crippen molar-refractivity contribution in [1.82, 2.24) is 10.3 Å². The van der Waals surface area contributed by atoms with Crippen LogP contribution in [-0.2, 0) is 13.0 Å². The number of nitrogens with one attached hydrogen (secondary N) is 2. The monoisotopic (exact) mass is 487 g/mol. The lowest BCUT2D eigenvalue weighted by Gasteiger charge is -2.10. The van der Waals surface area contributed by atoms with Gasteiger partial charge in [0.05, 0.1) is 13.3 Å². The Morgan fingerprint density at radius 3 is 2.43 bits per heavy atom. The van der Waals surface area contributed by atoms with E-state index in [4.69, 9.17) is 21.4 Å². The van der Waals surface area contributed by atoms with Gasteiger partial charge in [-0.15, -0.1) is 0 Å². The van der Waals surface area contributed by atoms with E-state index in [0.29, 0.717) is 11.0 Å². The first-order chi connectivity index (χ1) is 17.1. The molecule has 0 saturated carbocycles. The molecule has 4 rings (SSSR count). The van der Waals surface area contributed by atoms with Crippen LogP contribution in [0, 0.1) is 0 Å². The van der Waals surface area contributed by atoms with Crippen LogP contribution in [0.25, 0.3) is 22.8 Å². The predicted molar refractivity (Wildman–Crippen MR) is 143 cm³/mol. The van der Waals surface area contributed by atoms with Crippen LogP contribution in [0.3, 0.4) is 0 Å². The zero-order valence-corrected chi connectivity index (χ0v) is 21.0. The highest BCUT2D eigenvalue weighted by molar-refractivity contribution is 7.80. The van der Waals surface area contributed by atoms with Gasteiger partial charge in [-0.05, 0) is 67.0 Å². The molecule has 2 N–H and O–H groups in total.